The summed E-state index contributed by atoms with van der Waals surface area (Å²) in [7, 11) is 1.22. The molecule has 0 radical (unpaired) electrons. The van der Waals surface area contributed by atoms with Gasteiger partial charge in [0.05, 0.1) is 18.2 Å². The number of alkyl halides is 3. The topological polar surface area (TPSA) is 52.3 Å². The highest BCUT2D eigenvalue weighted by Gasteiger charge is 2.30. The van der Waals surface area contributed by atoms with Crippen LogP contribution in [-0.4, -0.2) is 13.1 Å². The smallest absolute Gasteiger partial charge is 0.416 e. The van der Waals surface area contributed by atoms with Crippen LogP contribution >= 0.6 is 0 Å². The van der Waals surface area contributed by atoms with Gasteiger partial charge >= 0.3 is 12.1 Å². The van der Waals surface area contributed by atoms with E-state index in [1.54, 1.807) is 12.1 Å². The highest BCUT2D eigenvalue weighted by molar-refractivity contribution is 6.00. The fourth-order valence-electron chi connectivity index (χ4n) is 2.00. The number of nitrogen functional groups attached to an aromatic ring is 1. The number of rotatable bonds is 2. The van der Waals surface area contributed by atoms with Gasteiger partial charge in [-0.2, -0.15) is 13.2 Å². The Morgan fingerprint density at radius 1 is 1.10 bits per heavy atom. The normalized spacial score (nSPS) is 11.2. The van der Waals surface area contributed by atoms with Gasteiger partial charge in [-0.25, -0.2) is 4.79 Å². The predicted octanol–water partition coefficient (Wildman–Crippen LogP) is 3.74. The zero-order chi connectivity index (χ0) is 15.6. The van der Waals surface area contributed by atoms with Crippen LogP contribution in [0.4, 0.5) is 18.9 Å². The van der Waals surface area contributed by atoms with E-state index in [1.165, 1.54) is 25.3 Å². The summed E-state index contributed by atoms with van der Waals surface area (Å²) in [5.41, 5.74) is 6.35. The van der Waals surface area contributed by atoms with Crippen molar-refractivity contribution >= 4 is 11.7 Å². The molecule has 2 rings (SSSR count). The molecule has 0 amide bonds. The van der Waals surface area contributed by atoms with Gasteiger partial charge in [0.25, 0.3) is 0 Å². The van der Waals surface area contributed by atoms with E-state index in [0.29, 0.717) is 11.1 Å². The van der Waals surface area contributed by atoms with Gasteiger partial charge in [-0.3, -0.25) is 0 Å². The van der Waals surface area contributed by atoms with Gasteiger partial charge in [-0.05, 0) is 29.8 Å². The molecule has 0 aliphatic heterocycles. The van der Waals surface area contributed by atoms with Gasteiger partial charge in [0.2, 0.25) is 0 Å². The maximum absolute atomic E-state index is 12.6. The Hall–Kier alpha value is -2.50. The van der Waals surface area contributed by atoms with Gasteiger partial charge < -0.3 is 10.5 Å². The Kier molecular flexibility index (Phi) is 3.88. The number of methoxy groups -OCH3 is 1. The predicted molar refractivity (Wildman–Crippen MR) is 72.6 cm³/mol. The summed E-state index contributed by atoms with van der Waals surface area (Å²) in [6.45, 7) is 0. The minimum atomic E-state index is -4.41. The zero-order valence-corrected chi connectivity index (χ0v) is 11.1. The summed E-state index contributed by atoms with van der Waals surface area (Å²) in [5, 5.41) is 0. The molecule has 0 heterocycles. The van der Waals surface area contributed by atoms with E-state index in [4.69, 9.17) is 5.73 Å². The van der Waals surface area contributed by atoms with Crippen molar-refractivity contribution in [2.75, 3.05) is 12.8 Å². The van der Waals surface area contributed by atoms with Gasteiger partial charge in [-0.15, -0.1) is 0 Å². The van der Waals surface area contributed by atoms with Crippen LogP contribution in [0, 0.1) is 0 Å². The minimum absolute atomic E-state index is 0.206. The molecule has 0 spiro atoms. The van der Waals surface area contributed by atoms with E-state index < -0.39 is 17.7 Å². The van der Waals surface area contributed by atoms with E-state index in [1.807, 2.05) is 0 Å². The lowest BCUT2D eigenvalue weighted by atomic mass is 9.97. The van der Waals surface area contributed by atoms with Crippen LogP contribution in [0.15, 0.2) is 42.5 Å². The number of anilines is 1. The molecule has 0 fully saturated rings. The third kappa shape index (κ3) is 2.99. The van der Waals surface area contributed by atoms with Crippen molar-refractivity contribution in [3.8, 4) is 11.1 Å². The molecule has 2 aromatic carbocycles. The molecule has 2 N–H and O–H groups in total. The molecular weight excluding hydrogens is 283 g/mol. The number of ether oxygens (including phenoxy) is 1. The Labute approximate surface area is 119 Å². The second-order valence-electron chi connectivity index (χ2n) is 4.34. The molecule has 0 unspecified atom stereocenters. The maximum atomic E-state index is 12.6. The number of hydrogen-bond acceptors (Lipinski definition) is 3. The Morgan fingerprint density at radius 2 is 1.71 bits per heavy atom. The van der Waals surface area contributed by atoms with Gasteiger partial charge in [0.15, 0.2) is 0 Å². The van der Waals surface area contributed by atoms with Gasteiger partial charge in [0, 0.05) is 11.3 Å². The molecule has 0 bridgehead atoms. The lowest BCUT2D eigenvalue weighted by Gasteiger charge is -2.12. The first-order valence-electron chi connectivity index (χ1n) is 5.99. The van der Waals surface area contributed by atoms with E-state index in [-0.39, 0.29) is 11.3 Å². The molecule has 0 saturated carbocycles. The van der Waals surface area contributed by atoms with E-state index in [2.05, 4.69) is 4.74 Å². The summed E-state index contributed by atoms with van der Waals surface area (Å²) in [6.07, 6.45) is -4.41. The SMILES string of the molecule is COC(=O)c1cccc(N)c1-c1ccc(C(F)(F)F)cc1. The maximum Gasteiger partial charge on any atom is 0.416 e. The second kappa shape index (κ2) is 5.47. The Morgan fingerprint density at radius 3 is 2.24 bits per heavy atom. The quantitative estimate of drug-likeness (QED) is 0.678. The largest absolute Gasteiger partial charge is 0.465 e. The number of carbonyl (C=O) groups excluding carboxylic acids is 1. The second-order valence-corrected chi connectivity index (χ2v) is 4.34. The third-order valence-corrected chi connectivity index (χ3v) is 3.00. The molecule has 0 saturated heterocycles. The van der Waals surface area contributed by atoms with Crippen molar-refractivity contribution in [3.63, 3.8) is 0 Å². The average molecular weight is 295 g/mol. The first-order valence-corrected chi connectivity index (χ1v) is 5.99. The summed E-state index contributed by atoms with van der Waals surface area (Å²) < 4.78 is 42.4. The van der Waals surface area contributed by atoms with Crippen molar-refractivity contribution in [3.05, 3.63) is 53.6 Å². The molecule has 0 aromatic heterocycles. The van der Waals surface area contributed by atoms with Crippen LogP contribution in [0.1, 0.15) is 15.9 Å². The number of nitrogens with two attached hydrogens (primary N) is 1. The van der Waals surface area contributed by atoms with Crippen molar-refractivity contribution in [2.24, 2.45) is 0 Å². The van der Waals surface area contributed by atoms with Crippen LogP contribution in [-0.2, 0) is 10.9 Å². The first kappa shape index (κ1) is 14.9. The van der Waals surface area contributed by atoms with Crippen LogP contribution in [0.25, 0.3) is 11.1 Å². The van der Waals surface area contributed by atoms with Crippen molar-refractivity contribution in [1.82, 2.24) is 0 Å². The minimum Gasteiger partial charge on any atom is -0.465 e. The molecule has 0 aliphatic rings. The highest BCUT2D eigenvalue weighted by atomic mass is 19.4. The Balaban J connectivity index is 2.54. The molecule has 2 aromatic rings. The standard InChI is InChI=1S/C15H12F3NO2/c1-21-14(20)11-3-2-4-12(19)13(11)9-5-7-10(8-6-9)15(16,17)18/h2-8H,19H2,1H3. The van der Waals surface area contributed by atoms with E-state index in [9.17, 15) is 18.0 Å². The summed E-state index contributed by atoms with van der Waals surface area (Å²) in [5.74, 6) is -0.600. The summed E-state index contributed by atoms with van der Waals surface area (Å²) >= 11 is 0. The number of benzene rings is 2. The monoisotopic (exact) mass is 295 g/mol. The van der Waals surface area contributed by atoms with E-state index >= 15 is 0 Å². The van der Waals surface area contributed by atoms with Gasteiger partial charge in [-0.1, -0.05) is 18.2 Å². The van der Waals surface area contributed by atoms with Crippen LogP contribution in [0.2, 0.25) is 0 Å². The molecule has 21 heavy (non-hydrogen) atoms. The van der Waals surface area contributed by atoms with Crippen molar-refractivity contribution in [2.45, 2.75) is 6.18 Å². The average Bonchev–Trinajstić information content (AvgIpc) is 2.45. The van der Waals surface area contributed by atoms with Crippen LogP contribution < -0.4 is 5.73 Å². The molecule has 6 heteroatoms. The summed E-state index contributed by atoms with van der Waals surface area (Å²) in [6, 6.07) is 9.11. The zero-order valence-electron chi connectivity index (χ0n) is 11.1. The van der Waals surface area contributed by atoms with Crippen molar-refractivity contribution in [1.29, 1.82) is 0 Å². The molecule has 110 valence electrons. The van der Waals surface area contributed by atoms with Crippen molar-refractivity contribution < 1.29 is 22.7 Å². The highest BCUT2D eigenvalue weighted by Crippen LogP contribution is 2.34. The molecular formula is C15H12F3NO2. The lowest BCUT2D eigenvalue weighted by molar-refractivity contribution is -0.137. The van der Waals surface area contributed by atoms with Crippen LogP contribution in [0.5, 0.6) is 0 Å². The first-order chi connectivity index (χ1) is 9.84. The Bertz CT molecular complexity index is 664. The number of hydrogen-bond donors (Lipinski definition) is 1. The molecule has 0 aliphatic carbocycles. The fourth-order valence-corrected chi connectivity index (χ4v) is 2.00. The fraction of sp³-hybridized carbons (Fsp3) is 0.133. The third-order valence-electron chi connectivity index (χ3n) is 3.00. The lowest BCUT2D eigenvalue weighted by Crippen LogP contribution is -2.07. The number of esters is 1. The molecule has 0 atom stereocenters. The van der Waals surface area contributed by atoms with Gasteiger partial charge in [0.1, 0.15) is 0 Å². The van der Waals surface area contributed by atoms with Crippen LogP contribution in [0.3, 0.4) is 0 Å². The number of halogens is 3. The summed E-state index contributed by atoms with van der Waals surface area (Å²) in [4.78, 5) is 11.7. The molecule has 3 nitrogen and oxygen atoms in total. The number of carbonyl (C=O) groups is 1. The van der Waals surface area contributed by atoms with E-state index in [0.717, 1.165) is 12.1 Å².